The van der Waals surface area contributed by atoms with Gasteiger partial charge in [-0.1, -0.05) is 17.7 Å². The maximum absolute atomic E-state index is 12.3. The zero-order valence-corrected chi connectivity index (χ0v) is 18.8. The highest BCUT2D eigenvalue weighted by Gasteiger charge is 2.25. The molecular weight excluding hydrogens is 456 g/mol. The van der Waals surface area contributed by atoms with Crippen LogP contribution in [-0.4, -0.2) is 43.3 Å². The highest BCUT2D eigenvalue weighted by Crippen LogP contribution is 2.32. The van der Waals surface area contributed by atoms with E-state index in [1.807, 2.05) is 6.92 Å². The molecule has 1 saturated heterocycles. The molecule has 2 aromatic carbocycles. The van der Waals surface area contributed by atoms with Gasteiger partial charge >= 0.3 is 5.97 Å². The van der Waals surface area contributed by atoms with Crippen molar-refractivity contribution in [1.29, 1.82) is 0 Å². The fraction of sp³-hybridized carbons (Fsp3) is 0.182. The summed E-state index contributed by atoms with van der Waals surface area (Å²) < 4.78 is 15.6. The number of nitrogens with zero attached hydrogens (tertiary/aromatic N) is 1. The predicted molar refractivity (Wildman–Crippen MR) is 122 cm³/mol. The van der Waals surface area contributed by atoms with Crippen molar-refractivity contribution in [2.75, 3.05) is 20.3 Å². The van der Waals surface area contributed by atoms with Crippen LogP contribution in [0, 0.1) is 0 Å². The second kappa shape index (κ2) is 10.8. The van der Waals surface area contributed by atoms with E-state index in [1.165, 1.54) is 7.11 Å². The SMILES string of the molecule is CCOc1cc(/C=C2\SC(=NC(=O)c3ccc(Cl)cc3)NC2=O)ccc1OCC(=O)OC. The van der Waals surface area contributed by atoms with Crippen molar-refractivity contribution in [3.63, 3.8) is 0 Å². The Morgan fingerprint density at radius 3 is 2.56 bits per heavy atom. The minimum absolute atomic E-state index is 0.185. The zero-order valence-electron chi connectivity index (χ0n) is 17.2. The van der Waals surface area contributed by atoms with E-state index in [0.29, 0.717) is 39.2 Å². The molecule has 8 nitrogen and oxygen atoms in total. The number of rotatable bonds is 7. The molecule has 0 saturated carbocycles. The van der Waals surface area contributed by atoms with E-state index in [2.05, 4.69) is 15.0 Å². The number of carbonyl (C=O) groups is 3. The predicted octanol–water partition coefficient (Wildman–Crippen LogP) is 3.69. The van der Waals surface area contributed by atoms with Crippen molar-refractivity contribution in [2.45, 2.75) is 6.92 Å². The normalized spacial score (nSPS) is 15.5. The van der Waals surface area contributed by atoms with Crippen LogP contribution >= 0.6 is 23.4 Å². The lowest BCUT2D eigenvalue weighted by molar-refractivity contribution is -0.142. The first kappa shape index (κ1) is 23.4. The fourth-order valence-corrected chi connectivity index (χ4v) is 3.52. The van der Waals surface area contributed by atoms with Crippen LogP contribution in [0.3, 0.4) is 0 Å². The number of aliphatic imine (C=N–C) groups is 1. The molecule has 1 N–H and O–H groups in total. The van der Waals surface area contributed by atoms with Gasteiger partial charge in [-0.2, -0.15) is 4.99 Å². The summed E-state index contributed by atoms with van der Waals surface area (Å²) in [5, 5.41) is 3.27. The molecule has 2 amide bonds. The number of esters is 1. The molecule has 0 spiro atoms. The number of halogens is 1. The summed E-state index contributed by atoms with van der Waals surface area (Å²) in [7, 11) is 1.27. The average molecular weight is 475 g/mol. The Bertz CT molecular complexity index is 1100. The molecule has 10 heteroatoms. The third-order valence-electron chi connectivity index (χ3n) is 4.08. The minimum atomic E-state index is -0.516. The Balaban J connectivity index is 1.76. The van der Waals surface area contributed by atoms with Gasteiger partial charge in [-0.3, -0.25) is 9.59 Å². The van der Waals surface area contributed by atoms with Gasteiger partial charge in [0.05, 0.1) is 18.6 Å². The standard InChI is InChI=1S/C22H19ClN2O6S/c1-3-30-17-10-13(4-9-16(17)31-12-19(26)29-2)11-18-21(28)25-22(32-18)24-20(27)14-5-7-15(23)8-6-14/h4-11H,3,12H2,1-2H3,(H,24,25,27,28)/b18-11-. The topological polar surface area (TPSA) is 103 Å². The van der Waals surface area contributed by atoms with E-state index in [4.69, 9.17) is 21.1 Å². The van der Waals surface area contributed by atoms with Crippen molar-refractivity contribution in [1.82, 2.24) is 5.32 Å². The minimum Gasteiger partial charge on any atom is -0.490 e. The summed E-state index contributed by atoms with van der Waals surface area (Å²) in [6.45, 7) is 1.94. The van der Waals surface area contributed by atoms with E-state index in [1.54, 1.807) is 48.5 Å². The number of nitrogens with one attached hydrogen (secondary N) is 1. The number of amides is 2. The molecule has 0 radical (unpaired) electrons. The molecular formula is C22H19ClN2O6S. The van der Waals surface area contributed by atoms with Crippen molar-refractivity contribution in [3.8, 4) is 11.5 Å². The van der Waals surface area contributed by atoms with Gasteiger partial charge in [-0.05, 0) is 66.7 Å². The van der Waals surface area contributed by atoms with Gasteiger partial charge in [0.1, 0.15) is 0 Å². The van der Waals surface area contributed by atoms with Crippen LogP contribution in [0.2, 0.25) is 5.02 Å². The number of hydrogen-bond donors (Lipinski definition) is 1. The van der Waals surface area contributed by atoms with E-state index in [9.17, 15) is 14.4 Å². The summed E-state index contributed by atoms with van der Waals surface area (Å²) in [5.41, 5.74) is 1.03. The quantitative estimate of drug-likeness (QED) is 0.482. The van der Waals surface area contributed by atoms with Gasteiger partial charge in [-0.25, -0.2) is 4.79 Å². The first-order chi connectivity index (χ1) is 15.4. The summed E-state index contributed by atoms with van der Waals surface area (Å²) in [6, 6.07) is 11.3. The number of amidine groups is 1. The molecule has 2 aromatic rings. The molecule has 1 aliphatic heterocycles. The van der Waals surface area contributed by atoms with Crippen molar-refractivity contribution >= 4 is 52.4 Å². The molecule has 3 rings (SSSR count). The molecule has 0 atom stereocenters. The van der Waals surface area contributed by atoms with Gasteiger partial charge in [-0.15, -0.1) is 0 Å². The Morgan fingerprint density at radius 2 is 1.88 bits per heavy atom. The van der Waals surface area contributed by atoms with Crippen LogP contribution in [0.15, 0.2) is 52.4 Å². The lowest BCUT2D eigenvalue weighted by atomic mass is 10.2. The number of benzene rings is 2. The van der Waals surface area contributed by atoms with E-state index >= 15 is 0 Å². The lowest BCUT2D eigenvalue weighted by Gasteiger charge is -2.12. The first-order valence-corrected chi connectivity index (χ1v) is 10.6. The summed E-state index contributed by atoms with van der Waals surface area (Å²) >= 11 is 6.88. The smallest absolute Gasteiger partial charge is 0.343 e. The molecule has 1 fully saturated rings. The number of ether oxygens (including phenoxy) is 3. The maximum atomic E-state index is 12.3. The van der Waals surface area contributed by atoms with Gasteiger partial charge in [0, 0.05) is 10.6 Å². The second-order valence-corrected chi connectivity index (χ2v) is 7.76. The Morgan fingerprint density at radius 1 is 1.12 bits per heavy atom. The van der Waals surface area contributed by atoms with E-state index < -0.39 is 11.9 Å². The number of thioether (sulfide) groups is 1. The average Bonchev–Trinajstić information content (AvgIpc) is 3.11. The van der Waals surface area contributed by atoms with Gasteiger partial charge < -0.3 is 19.5 Å². The van der Waals surface area contributed by atoms with Crippen molar-refractivity contribution in [3.05, 3.63) is 63.5 Å². The number of carbonyl (C=O) groups excluding carboxylic acids is 3. The van der Waals surface area contributed by atoms with Gasteiger partial charge in [0.2, 0.25) is 0 Å². The number of methoxy groups -OCH3 is 1. The van der Waals surface area contributed by atoms with Crippen LogP contribution in [-0.2, 0) is 14.3 Å². The van der Waals surface area contributed by atoms with E-state index in [-0.39, 0.29) is 17.7 Å². The first-order valence-electron chi connectivity index (χ1n) is 9.45. The summed E-state index contributed by atoms with van der Waals surface area (Å²) in [4.78, 5) is 40.3. The molecule has 0 aromatic heterocycles. The van der Waals surface area contributed by atoms with Crippen molar-refractivity contribution < 1.29 is 28.6 Å². The Kier molecular flexibility index (Phi) is 7.91. The summed E-state index contributed by atoms with van der Waals surface area (Å²) in [6.07, 6.45) is 1.64. The maximum Gasteiger partial charge on any atom is 0.343 e. The lowest BCUT2D eigenvalue weighted by Crippen LogP contribution is -2.20. The van der Waals surface area contributed by atoms with Crippen LogP contribution in [0.25, 0.3) is 6.08 Å². The monoisotopic (exact) mass is 474 g/mol. The number of hydrogen-bond acceptors (Lipinski definition) is 7. The molecule has 0 bridgehead atoms. The zero-order chi connectivity index (χ0) is 23.1. The Hall–Kier alpha value is -3.30. The molecule has 0 unspecified atom stereocenters. The van der Waals surface area contributed by atoms with Crippen LogP contribution in [0.1, 0.15) is 22.8 Å². The van der Waals surface area contributed by atoms with Gasteiger partial charge in [0.15, 0.2) is 23.3 Å². The molecule has 1 heterocycles. The molecule has 0 aliphatic carbocycles. The van der Waals surface area contributed by atoms with E-state index in [0.717, 1.165) is 11.8 Å². The molecule has 1 aliphatic rings. The largest absolute Gasteiger partial charge is 0.490 e. The third kappa shape index (κ3) is 6.12. The van der Waals surface area contributed by atoms with Crippen LogP contribution in [0.4, 0.5) is 0 Å². The Labute approximate surface area is 193 Å². The highest BCUT2D eigenvalue weighted by atomic mass is 35.5. The fourth-order valence-electron chi connectivity index (χ4n) is 2.58. The van der Waals surface area contributed by atoms with Crippen molar-refractivity contribution in [2.24, 2.45) is 4.99 Å². The molecule has 32 heavy (non-hydrogen) atoms. The van der Waals surface area contributed by atoms with Gasteiger partial charge in [0.25, 0.3) is 11.8 Å². The van der Waals surface area contributed by atoms with Crippen LogP contribution in [0.5, 0.6) is 11.5 Å². The molecule has 166 valence electrons. The second-order valence-electron chi connectivity index (χ2n) is 6.30. The van der Waals surface area contributed by atoms with Crippen LogP contribution < -0.4 is 14.8 Å². The third-order valence-corrected chi connectivity index (χ3v) is 5.25. The highest BCUT2D eigenvalue weighted by molar-refractivity contribution is 8.18. The summed E-state index contributed by atoms with van der Waals surface area (Å²) in [5.74, 6) is -0.588.